The summed E-state index contributed by atoms with van der Waals surface area (Å²) in [5.41, 5.74) is 0.0553. The van der Waals surface area contributed by atoms with Crippen molar-refractivity contribution in [1.29, 1.82) is 0 Å². The molecule has 8 aliphatic rings. The third-order valence-electron chi connectivity index (χ3n) is 9.82. The summed E-state index contributed by atoms with van der Waals surface area (Å²) in [4.78, 5) is 0. The lowest BCUT2D eigenvalue weighted by Gasteiger charge is -2.57. The molecule has 7 nitrogen and oxygen atoms in total. The Morgan fingerprint density at radius 2 is 0.774 bits per heavy atom. The summed E-state index contributed by atoms with van der Waals surface area (Å²) in [7, 11) is -8.22. The van der Waals surface area contributed by atoms with Gasteiger partial charge in [-0.25, -0.2) is 9.44 Å². The van der Waals surface area contributed by atoms with Gasteiger partial charge in [-0.15, -0.1) is 0 Å². The van der Waals surface area contributed by atoms with Crippen LogP contribution >= 0.6 is 0 Å². The zero-order valence-corrected chi connectivity index (χ0v) is 19.9. The molecule has 8 bridgehead atoms. The molecule has 0 heterocycles. The molecule has 0 radical (unpaired) electrons. The van der Waals surface area contributed by atoms with Crippen LogP contribution in [0, 0.1) is 46.3 Å². The van der Waals surface area contributed by atoms with E-state index in [9.17, 15) is 16.8 Å². The maximum Gasteiger partial charge on any atom is 0.291 e. The smallest absolute Gasteiger partial charge is 0.201 e. The van der Waals surface area contributed by atoms with Gasteiger partial charge in [-0.1, -0.05) is 4.13 Å². The highest BCUT2D eigenvalue weighted by molar-refractivity contribution is 8.02. The van der Waals surface area contributed by atoms with Crippen molar-refractivity contribution < 1.29 is 16.8 Å². The summed E-state index contributed by atoms with van der Waals surface area (Å²) < 4.78 is 57.6. The first kappa shape index (κ1) is 21.3. The van der Waals surface area contributed by atoms with Gasteiger partial charge in [-0.3, -0.25) is 0 Å². The van der Waals surface area contributed by atoms with Crippen molar-refractivity contribution in [3.63, 3.8) is 0 Å². The summed E-state index contributed by atoms with van der Waals surface area (Å²) in [5, 5.41) is 0. The first-order valence-corrected chi connectivity index (χ1v) is 15.3. The van der Waals surface area contributed by atoms with Gasteiger partial charge in [0.05, 0.1) is 0 Å². The molecule has 9 heteroatoms. The SMILES string of the molecule is O=S(=O)(NCC12CC3CC(CC(C3)C1)C2)NS(=O)(=O)NCC12CC3CC(CC(C3)C1)C2. The molecular formula is C22H37N3O4S2. The zero-order valence-electron chi connectivity index (χ0n) is 18.3. The topological polar surface area (TPSA) is 104 Å². The molecule has 0 aromatic heterocycles. The Labute approximate surface area is 187 Å². The van der Waals surface area contributed by atoms with Crippen molar-refractivity contribution in [3.8, 4) is 0 Å². The Morgan fingerprint density at radius 3 is 1.03 bits per heavy atom. The Morgan fingerprint density at radius 1 is 0.516 bits per heavy atom. The van der Waals surface area contributed by atoms with Crippen LogP contribution in [0.15, 0.2) is 0 Å². The minimum Gasteiger partial charge on any atom is -0.201 e. The fraction of sp³-hybridized carbons (Fsp3) is 1.00. The molecule has 176 valence electrons. The van der Waals surface area contributed by atoms with Crippen LogP contribution in [0.1, 0.15) is 77.0 Å². The van der Waals surface area contributed by atoms with Crippen LogP contribution in [0.4, 0.5) is 0 Å². The molecule has 0 amide bonds. The molecule has 0 atom stereocenters. The molecule has 8 aliphatic carbocycles. The van der Waals surface area contributed by atoms with Crippen molar-refractivity contribution in [2.45, 2.75) is 77.0 Å². The predicted octanol–water partition coefficient (Wildman–Crippen LogP) is 2.68. The van der Waals surface area contributed by atoms with Gasteiger partial charge < -0.3 is 0 Å². The van der Waals surface area contributed by atoms with E-state index in [-0.39, 0.29) is 10.8 Å². The molecule has 0 aromatic rings. The average Bonchev–Trinajstić information content (AvgIpc) is 2.63. The summed E-state index contributed by atoms with van der Waals surface area (Å²) in [6, 6.07) is 0. The van der Waals surface area contributed by atoms with Crippen molar-refractivity contribution in [1.82, 2.24) is 13.6 Å². The molecule has 0 aromatic carbocycles. The first-order chi connectivity index (χ1) is 14.6. The Kier molecular flexibility index (Phi) is 4.91. The molecule has 0 aliphatic heterocycles. The van der Waals surface area contributed by atoms with Gasteiger partial charge in [0, 0.05) is 13.1 Å². The Hall–Kier alpha value is -0.220. The van der Waals surface area contributed by atoms with E-state index < -0.39 is 20.4 Å². The van der Waals surface area contributed by atoms with Gasteiger partial charge in [0.1, 0.15) is 0 Å². The van der Waals surface area contributed by atoms with Gasteiger partial charge in [0.25, 0.3) is 20.4 Å². The Bertz CT molecular complexity index is 799. The molecule has 31 heavy (non-hydrogen) atoms. The van der Waals surface area contributed by atoms with Gasteiger partial charge in [-0.2, -0.15) is 16.8 Å². The molecule has 0 saturated heterocycles. The lowest BCUT2D eigenvalue weighted by Crippen LogP contribution is -2.55. The van der Waals surface area contributed by atoms with Crippen LogP contribution in [0.3, 0.4) is 0 Å². The lowest BCUT2D eigenvalue weighted by molar-refractivity contribution is -0.0487. The quantitative estimate of drug-likeness (QED) is 0.506. The second kappa shape index (κ2) is 7.14. The van der Waals surface area contributed by atoms with Crippen LogP contribution in [-0.4, -0.2) is 29.9 Å². The predicted molar refractivity (Wildman–Crippen MR) is 118 cm³/mol. The van der Waals surface area contributed by atoms with Crippen molar-refractivity contribution in [2.75, 3.05) is 13.1 Å². The van der Waals surface area contributed by atoms with Crippen LogP contribution < -0.4 is 13.6 Å². The third kappa shape index (κ3) is 4.22. The number of hydrogen-bond acceptors (Lipinski definition) is 4. The highest BCUT2D eigenvalue weighted by atomic mass is 32.3. The second-order valence-electron chi connectivity index (χ2n) is 12.6. The fourth-order valence-corrected chi connectivity index (χ4v) is 12.3. The standard InChI is InChI=1S/C22H37N3O4S2/c26-30(27,23-13-21-7-15-1-16(8-21)3-17(2-15)9-21)25-31(28,29)24-14-22-10-18-4-19(11-22)6-20(5-18)12-22/h15-20,23-25H,1-14H2. The maximum absolute atomic E-state index is 12.6. The summed E-state index contributed by atoms with van der Waals surface area (Å²) >= 11 is 0. The van der Waals surface area contributed by atoms with Gasteiger partial charge >= 0.3 is 0 Å². The zero-order chi connectivity index (χ0) is 21.5. The maximum atomic E-state index is 12.6. The number of hydrogen-bond donors (Lipinski definition) is 3. The van der Waals surface area contributed by atoms with Crippen molar-refractivity contribution in [3.05, 3.63) is 0 Å². The summed E-state index contributed by atoms with van der Waals surface area (Å²) in [5.74, 6) is 4.39. The fourth-order valence-electron chi connectivity index (χ4n) is 9.71. The Balaban J connectivity index is 1.06. The van der Waals surface area contributed by atoms with Gasteiger partial charge in [-0.05, 0) is 123 Å². The minimum absolute atomic E-state index is 0.0277. The highest BCUT2D eigenvalue weighted by Gasteiger charge is 2.52. The van der Waals surface area contributed by atoms with E-state index in [0.717, 1.165) is 74.0 Å². The third-order valence-corrected chi connectivity index (χ3v) is 12.6. The van der Waals surface area contributed by atoms with Crippen molar-refractivity contribution >= 4 is 20.4 Å². The van der Waals surface area contributed by atoms with Crippen LogP contribution in [0.25, 0.3) is 0 Å². The largest absolute Gasteiger partial charge is 0.291 e. The van der Waals surface area contributed by atoms with Crippen LogP contribution in [0.2, 0.25) is 0 Å². The molecular weight excluding hydrogens is 434 g/mol. The molecule has 0 unspecified atom stereocenters. The summed E-state index contributed by atoms with van der Waals surface area (Å²) in [6.07, 6.45) is 14.3. The number of nitrogens with one attached hydrogen (secondary N) is 3. The molecule has 8 rings (SSSR count). The van der Waals surface area contributed by atoms with Crippen LogP contribution in [0.5, 0.6) is 0 Å². The van der Waals surface area contributed by atoms with E-state index >= 15 is 0 Å². The van der Waals surface area contributed by atoms with E-state index in [2.05, 4.69) is 9.44 Å². The molecule has 8 fully saturated rings. The van der Waals surface area contributed by atoms with Crippen molar-refractivity contribution in [2.24, 2.45) is 46.3 Å². The normalized spacial score (nSPS) is 47.9. The van der Waals surface area contributed by atoms with E-state index in [1.807, 2.05) is 4.13 Å². The molecule has 3 N–H and O–H groups in total. The lowest BCUT2D eigenvalue weighted by atomic mass is 9.49. The highest BCUT2D eigenvalue weighted by Crippen LogP contribution is 2.60. The van der Waals surface area contributed by atoms with E-state index in [1.54, 1.807) is 0 Å². The molecule has 8 saturated carbocycles. The van der Waals surface area contributed by atoms with Gasteiger partial charge in [0.15, 0.2) is 0 Å². The monoisotopic (exact) mass is 471 g/mol. The van der Waals surface area contributed by atoms with E-state index in [0.29, 0.717) is 13.1 Å². The van der Waals surface area contributed by atoms with Gasteiger partial charge in [0.2, 0.25) is 0 Å². The average molecular weight is 472 g/mol. The number of rotatable bonds is 8. The first-order valence-electron chi connectivity index (χ1n) is 12.4. The van der Waals surface area contributed by atoms with E-state index in [1.165, 1.54) is 38.5 Å². The minimum atomic E-state index is -4.11. The summed E-state index contributed by atoms with van der Waals surface area (Å²) in [6.45, 7) is 0.715. The second-order valence-corrected chi connectivity index (χ2v) is 15.8. The molecule has 0 spiro atoms. The van der Waals surface area contributed by atoms with Crippen LogP contribution in [-0.2, 0) is 20.4 Å². The van der Waals surface area contributed by atoms with E-state index in [4.69, 9.17) is 0 Å².